The summed E-state index contributed by atoms with van der Waals surface area (Å²) in [6, 6.07) is 9.73. The Hall–Kier alpha value is -3.90. The van der Waals surface area contributed by atoms with Crippen molar-refractivity contribution in [2.45, 2.75) is 45.8 Å². The van der Waals surface area contributed by atoms with Crippen LogP contribution in [0.1, 0.15) is 31.0 Å². The molecule has 35 heavy (non-hydrogen) atoms. The lowest BCUT2D eigenvalue weighted by atomic mass is 10.1. The van der Waals surface area contributed by atoms with Gasteiger partial charge in [-0.05, 0) is 44.4 Å². The predicted octanol–water partition coefficient (Wildman–Crippen LogP) is 1.75. The maximum Gasteiger partial charge on any atom is 0.332 e. The van der Waals surface area contributed by atoms with Crippen LogP contribution in [0.15, 0.2) is 39.9 Å². The van der Waals surface area contributed by atoms with Gasteiger partial charge in [-0.15, -0.1) is 5.92 Å². The fourth-order valence-corrected chi connectivity index (χ4v) is 4.94. The molecule has 1 unspecified atom stereocenters. The van der Waals surface area contributed by atoms with Gasteiger partial charge in [-0.2, -0.15) is 4.98 Å². The van der Waals surface area contributed by atoms with Gasteiger partial charge in [-0.3, -0.25) is 23.5 Å². The van der Waals surface area contributed by atoms with Crippen LogP contribution in [0.2, 0.25) is 0 Å². The highest BCUT2D eigenvalue weighted by Crippen LogP contribution is 2.23. The van der Waals surface area contributed by atoms with Crippen molar-refractivity contribution in [1.82, 2.24) is 23.7 Å². The van der Waals surface area contributed by atoms with Gasteiger partial charge < -0.3 is 10.6 Å². The van der Waals surface area contributed by atoms with E-state index in [4.69, 9.17) is 10.7 Å². The molecule has 5 rings (SSSR count). The Morgan fingerprint density at radius 2 is 1.97 bits per heavy atom. The summed E-state index contributed by atoms with van der Waals surface area (Å²) in [6.07, 6.45) is 1.90. The number of nitrogens with zero attached hydrogens (tertiary/aromatic N) is 6. The van der Waals surface area contributed by atoms with Crippen molar-refractivity contribution >= 4 is 28.0 Å². The first kappa shape index (κ1) is 22.9. The molecule has 4 heterocycles. The summed E-state index contributed by atoms with van der Waals surface area (Å²) in [5.74, 6) is 6.61. The number of fused-ring (bicyclic) bond motifs is 2. The topological polar surface area (TPSA) is 104 Å². The first-order valence-electron chi connectivity index (χ1n) is 11.8. The van der Waals surface area contributed by atoms with E-state index < -0.39 is 5.69 Å². The summed E-state index contributed by atoms with van der Waals surface area (Å²) in [5, 5.41) is 0.917. The summed E-state index contributed by atoms with van der Waals surface area (Å²) < 4.78 is 4.57. The number of hydrogen-bond acceptors (Lipinski definition) is 6. The third-order valence-corrected chi connectivity index (χ3v) is 6.63. The van der Waals surface area contributed by atoms with Crippen molar-refractivity contribution in [3.63, 3.8) is 0 Å². The highest BCUT2D eigenvalue weighted by Gasteiger charge is 2.26. The average Bonchev–Trinajstić information content (AvgIpc) is 3.23. The first-order valence-corrected chi connectivity index (χ1v) is 11.8. The molecule has 0 radical (unpaired) electrons. The Kier molecular flexibility index (Phi) is 5.91. The van der Waals surface area contributed by atoms with Crippen LogP contribution in [-0.4, -0.2) is 42.8 Å². The van der Waals surface area contributed by atoms with Crippen LogP contribution in [0.5, 0.6) is 0 Å². The maximum absolute atomic E-state index is 13.9. The molecule has 0 saturated carbocycles. The molecule has 1 fully saturated rings. The van der Waals surface area contributed by atoms with Crippen molar-refractivity contribution in [3.8, 4) is 11.8 Å². The molecule has 3 aromatic heterocycles. The quantitative estimate of drug-likeness (QED) is 0.455. The van der Waals surface area contributed by atoms with E-state index >= 15 is 0 Å². The zero-order chi connectivity index (χ0) is 24.7. The van der Waals surface area contributed by atoms with E-state index in [1.54, 1.807) is 14.0 Å². The molecule has 0 bridgehead atoms. The van der Waals surface area contributed by atoms with Crippen LogP contribution in [0.25, 0.3) is 22.1 Å². The van der Waals surface area contributed by atoms with Crippen LogP contribution in [0, 0.1) is 18.8 Å². The summed E-state index contributed by atoms with van der Waals surface area (Å²) in [5.41, 5.74) is 8.71. The highest BCUT2D eigenvalue weighted by molar-refractivity contribution is 5.82. The number of para-hydroxylation sites is 1. The number of hydrogen-bond donors (Lipinski definition) is 1. The Morgan fingerprint density at radius 3 is 2.74 bits per heavy atom. The number of anilines is 1. The number of rotatable bonds is 4. The van der Waals surface area contributed by atoms with Crippen molar-refractivity contribution in [2.75, 3.05) is 18.0 Å². The summed E-state index contributed by atoms with van der Waals surface area (Å²) in [6.45, 7) is 5.56. The second kappa shape index (κ2) is 9.04. The Bertz CT molecular complexity index is 1620. The van der Waals surface area contributed by atoms with E-state index in [0.717, 1.165) is 41.5 Å². The summed E-state index contributed by atoms with van der Waals surface area (Å²) in [4.78, 5) is 38.7. The molecule has 9 heteroatoms. The second-order valence-electron chi connectivity index (χ2n) is 9.12. The van der Waals surface area contributed by atoms with Crippen LogP contribution in [-0.2, 0) is 20.1 Å². The number of imidazole rings is 1. The third kappa shape index (κ3) is 4.00. The molecule has 0 spiro atoms. The molecular weight excluding hydrogens is 442 g/mol. The van der Waals surface area contributed by atoms with Crippen molar-refractivity contribution in [2.24, 2.45) is 12.8 Å². The molecule has 2 N–H and O–H groups in total. The molecular formula is C26H29N7O2. The standard InChI is InChI=1S/C26H29N7O2/c1-4-5-13-32-22-23(29-25(32)31-12-8-9-19(27)16-31)30(3)26(35)33(24(22)34)15-18-14-17(2)28-21-11-7-6-10-20(18)21/h6-7,10-11,14,19H,8-9,12-13,15-16,27H2,1-3H3. The molecule has 1 saturated heterocycles. The normalized spacial score (nSPS) is 16.0. The smallest absolute Gasteiger partial charge is 0.332 e. The van der Waals surface area contributed by atoms with Crippen molar-refractivity contribution in [3.05, 3.63) is 62.4 Å². The van der Waals surface area contributed by atoms with E-state index in [1.807, 2.05) is 41.8 Å². The molecule has 0 amide bonds. The molecule has 9 nitrogen and oxygen atoms in total. The van der Waals surface area contributed by atoms with Crippen molar-refractivity contribution in [1.29, 1.82) is 0 Å². The van der Waals surface area contributed by atoms with Crippen molar-refractivity contribution < 1.29 is 0 Å². The molecule has 0 aliphatic carbocycles. The number of aryl methyl sites for hydroxylation is 2. The molecule has 180 valence electrons. The van der Waals surface area contributed by atoms with Gasteiger partial charge in [0.05, 0.1) is 18.6 Å². The fourth-order valence-electron chi connectivity index (χ4n) is 4.94. The third-order valence-electron chi connectivity index (χ3n) is 6.63. The van der Waals surface area contributed by atoms with Crippen LogP contribution >= 0.6 is 0 Å². The molecule has 1 atom stereocenters. The van der Waals surface area contributed by atoms with E-state index in [2.05, 4.69) is 21.7 Å². The summed E-state index contributed by atoms with van der Waals surface area (Å²) in [7, 11) is 1.66. The number of nitrogens with two attached hydrogens (primary N) is 1. The molecule has 4 aromatic rings. The lowest BCUT2D eigenvalue weighted by Crippen LogP contribution is -2.44. The lowest BCUT2D eigenvalue weighted by molar-refractivity contribution is 0.496. The van der Waals surface area contributed by atoms with Gasteiger partial charge >= 0.3 is 5.69 Å². The van der Waals surface area contributed by atoms with Gasteiger partial charge in [0.15, 0.2) is 11.2 Å². The van der Waals surface area contributed by atoms with Gasteiger partial charge in [0, 0.05) is 37.3 Å². The number of aromatic nitrogens is 5. The highest BCUT2D eigenvalue weighted by atomic mass is 16.2. The average molecular weight is 472 g/mol. The van der Waals surface area contributed by atoms with E-state index in [9.17, 15) is 9.59 Å². The van der Waals surface area contributed by atoms with Crippen LogP contribution < -0.4 is 21.9 Å². The maximum atomic E-state index is 13.9. The van der Waals surface area contributed by atoms with Gasteiger partial charge in [-0.1, -0.05) is 24.1 Å². The first-order chi connectivity index (χ1) is 16.9. The fraction of sp³-hybridized carbons (Fsp3) is 0.385. The van der Waals surface area contributed by atoms with Gasteiger partial charge in [0.2, 0.25) is 5.95 Å². The molecule has 1 aromatic carbocycles. The van der Waals surface area contributed by atoms with Gasteiger partial charge in [0.1, 0.15) is 0 Å². The second-order valence-corrected chi connectivity index (χ2v) is 9.12. The van der Waals surface area contributed by atoms with E-state index in [0.29, 0.717) is 30.2 Å². The molecule has 1 aliphatic heterocycles. The minimum absolute atomic E-state index is 0.0398. The molecule has 1 aliphatic rings. The Balaban J connectivity index is 1.73. The predicted molar refractivity (Wildman–Crippen MR) is 138 cm³/mol. The minimum Gasteiger partial charge on any atom is -0.341 e. The number of piperidine rings is 1. The minimum atomic E-state index is -0.408. The largest absolute Gasteiger partial charge is 0.341 e. The van der Waals surface area contributed by atoms with E-state index in [-0.39, 0.29) is 18.1 Å². The SMILES string of the molecule is CC#CCn1c(N2CCCC(N)C2)nc2c1c(=O)n(Cc1cc(C)nc3ccccc13)c(=O)n2C. The Labute approximate surface area is 202 Å². The monoisotopic (exact) mass is 471 g/mol. The van der Waals surface area contributed by atoms with Gasteiger partial charge in [0.25, 0.3) is 5.56 Å². The zero-order valence-electron chi connectivity index (χ0n) is 20.3. The van der Waals surface area contributed by atoms with Crippen LogP contribution in [0.3, 0.4) is 0 Å². The Morgan fingerprint density at radius 1 is 1.17 bits per heavy atom. The van der Waals surface area contributed by atoms with Crippen LogP contribution in [0.4, 0.5) is 5.95 Å². The van der Waals surface area contributed by atoms with E-state index in [1.165, 1.54) is 9.13 Å². The van der Waals surface area contributed by atoms with Gasteiger partial charge in [-0.25, -0.2) is 4.79 Å². The number of benzene rings is 1. The zero-order valence-corrected chi connectivity index (χ0v) is 20.3. The number of pyridine rings is 1. The lowest BCUT2D eigenvalue weighted by Gasteiger charge is -2.31. The summed E-state index contributed by atoms with van der Waals surface area (Å²) >= 11 is 0.